The lowest BCUT2D eigenvalue weighted by Gasteiger charge is -2.14. The van der Waals surface area contributed by atoms with Crippen LogP contribution in [-0.4, -0.2) is 53.3 Å². The minimum atomic E-state index is -0.973. The highest BCUT2D eigenvalue weighted by Crippen LogP contribution is 2.30. The van der Waals surface area contributed by atoms with Crippen molar-refractivity contribution in [3.05, 3.63) is 77.5 Å². The molecule has 1 aliphatic rings. The number of nitrogens with zero attached hydrogens (tertiary/aromatic N) is 6. The molecule has 1 N–H and O–H groups in total. The summed E-state index contributed by atoms with van der Waals surface area (Å²) in [5.74, 6) is 0. The van der Waals surface area contributed by atoms with Crippen LogP contribution in [0.1, 0.15) is 12.5 Å². The van der Waals surface area contributed by atoms with Crippen LogP contribution in [0.5, 0.6) is 0 Å². The molecular formula is C26H22N6O3. The smallest absolute Gasteiger partial charge is 0.407 e. The molecule has 1 aromatic carbocycles. The third-order valence-electron chi connectivity index (χ3n) is 6.69. The maximum Gasteiger partial charge on any atom is 0.407 e. The second kappa shape index (κ2) is 8.05. The zero-order valence-corrected chi connectivity index (χ0v) is 19.0. The number of rotatable bonds is 3. The Morgan fingerprint density at radius 2 is 1.77 bits per heavy atom. The van der Waals surface area contributed by atoms with Gasteiger partial charge in [-0.1, -0.05) is 30.3 Å². The second-order valence-corrected chi connectivity index (χ2v) is 8.74. The van der Waals surface area contributed by atoms with Gasteiger partial charge in [0.15, 0.2) is 0 Å². The van der Waals surface area contributed by atoms with Gasteiger partial charge >= 0.3 is 11.8 Å². The van der Waals surface area contributed by atoms with Crippen LogP contribution in [0.25, 0.3) is 44.6 Å². The topological polar surface area (TPSA) is 106 Å². The lowest BCUT2D eigenvalue weighted by atomic mass is 10.1. The molecule has 9 nitrogen and oxygen atoms in total. The third-order valence-corrected chi connectivity index (χ3v) is 6.69. The van der Waals surface area contributed by atoms with E-state index in [2.05, 4.69) is 9.97 Å². The van der Waals surface area contributed by atoms with Crippen LogP contribution in [0.15, 0.2) is 71.8 Å². The molecule has 0 saturated carbocycles. The summed E-state index contributed by atoms with van der Waals surface area (Å²) in [5, 5.41) is 9.40. The first-order chi connectivity index (χ1) is 17.0. The van der Waals surface area contributed by atoms with Crippen molar-refractivity contribution in [2.45, 2.75) is 12.5 Å². The molecule has 174 valence electrons. The summed E-state index contributed by atoms with van der Waals surface area (Å²) < 4.78 is 3.24. The van der Waals surface area contributed by atoms with E-state index in [0.29, 0.717) is 35.0 Å². The molecule has 1 fully saturated rings. The van der Waals surface area contributed by atoms with Gasteiger partial charge in [0.2, 0.25) is 0 Å². The average Bonchev–Trinajstić information content (AvgIpc) is 3.48. The molecule has 1 aliphatic heterocycles. The number of likely N-dealkylation sites (tertiary alicyclic amines) is 1. The number of hydrogen-bond donors (Lipinski definition) is 1. The molecule has 1 atom stereocenters. The highest BCUT2D eigenvalue weighted by atomic mass is 16.4. The molecular weight excluding hydrogens is 444 g/mol. The van der Waals surface area contributed by atoms with E-state index in [9.17, 15) is 14.7 Å². The number of aromatic nitrogens is 5. The van der Waals surface area contributed by atoms with E-state index >= 15 is 0 Å². The van der Waals surface area contributed by atoms with Crippen molar-refractivity contribution in [3.63, 3.8) is 0 Å². The standard InChI is InChI=1S/C26H22N6O3/c1-30-22-14-28-21-10-9-20(17-7-8-19(27-13-17)16-5-3-2-4-6-16)29-23(21)24(22)32(25(30)33)18-11-12-31(15-18)26(34)35/h2-10,13-14,18H,11-12,15H2,1H3,(H,34,35). The van der Waals surface area contributed by atoms with Gasteiger partial charge in [0.25, 0.3) is 0 Å². The van der Waals surface area contributed by atoms with E-state index in [1.165, 1.54) is 4.90 Å². The first-order valence-corrected chi connectivity index (χ1v) is 11.4. The van der Waals surface area contributed by atoms with Gasteiger partial charge in [-0.05, 0) is 30.7 Å². The van der Waals surface area contributed by atoms with E-state index in [0.717, 1.165) is 22.5 Å². The van der Waals surface area contributed by atoms with Gasteiger partial charge < -0.3 is 10.0 Å². The van der Waals surface area contributed by atoms with Crippen LogP contribution in [0.2, 0.25) is 0 Å². The fourth-order valence-corrected chi connectivity index (χ4v) is 4.84. The number of imidazole rings is 1. The number of carbonyl (C=O) groups is 1. The Balaban J connectivity index is 1.48. The summed E-state index contributed by atoms with van der Waals surface area (Å²) in [5.41, 5.74) is 5.91. The van der Waals surface area contributed by atoms with E-state index in [-0.39, 0.29) is 18.3 Å². The predicted molar refractivity (Wildman–Crippen MR) is 132 cm³/mol. The Morgan fingerprint density at radius 1 is 0.971 bits per heavy atom. The van der Waals surface area contributed by atoms with E-state index in [1.54, 1.807) is 28.6 Å². The summed E-state index contributed by atoms with van der Waals surface area (Å²) in [6.45, 7) is 0.659. The van der Waals surface area contributed by atoms with Crippen molar-refractivity contribution in [1.82, 2.24) is 29.0 Å². The fourth-order valence-electron chi connectivity index (χ4n) is 4.84. The summed E-state index contributed by atoms with van der Waals surface area (Å²) >= 11 is 0. The van der Waals surface area contributed by atoms with Gasteiger partial charge in [-0.25, -0.2) is 14.6 Å². The molecule has 0 radical (unpaired) electrons. The minimum Gasteiger partial charge on any atom is -0.465 e. The van der Waals surface area contributed by atoms with Crippen LogP contribution in [-0.2, 0) is 7.05 Å². The quantitative estimate of drug-likeness (QED) is 0.432. The van der Waals surface area contributed by atoms with Crippen LogP contribution < -0.4 is 5.69 Å². The highest BCUT2D eigenvalue weighted by Gasteiger charge is 2.31. The molecule has 0 aliphatic carbocycles. The summed E-state index contributed by atoms with van der Waals surface area (Å²) in [6.07, 6.45) is 3.07. The minimum absolute atomic E-state index is 0.201. The van der Waals surface area contributed by atoms with Gasteiger partial charge in [-0.15, -0.1) is 0 Å². The normalized spacial score (nSPS) is 15.8. The molecule has 1 amide bonds. The number of benzene rings is 1. The van der Waals surface area contributed by atoms with E-state index in [1.807, 2.05) is 54.6 Å². The van der Waals surface area contributed by atoms with Crippen molar-refractivity contribution in [3.8, 4) is 22.5 Å². The van der Waals surface area contributed by atoms with Crippen molar-refractivity contribution >= 4 is 28.2 Å². The SMILES string of the molecule is Cn1c(=O)n(C2CCN(C(=O)O)C2)c2c3nc(-c4ccc(-c5ccccc5)nc4)ccc3ncc21. The molecule has 1 unspecified atom stereocenters. The van der Waals surface area contributed by atoms with Crippen LogP contribution in [0, 0.1) is 0 Å². The number of fused-ring (bicyclic) bond motifs is 3. The molecule has 9 heteroatoms. The molecule has 1 saturated heterocycles. The van der Waals surface area contributed by atoms with Gasteiger partial charge in [0.05, 0.1) is 40.2 Å². The third kappa shape index (κ3) is 3.43. The molecule has 5 heterocycles. The lowest BCUT2D eigenvalue weighted by molar-refractivity contribution is 0.154. The number of carboxylic acid groups (broad SMARTS) is 1. The Hall–Kier alpha value is -4.53. The number of aryl methyl sites for hydroxylation is 1. The Kier molecular flexibility index (Phi) is 4.84. The van der Waals surface area contributed by atoms with Gasteiger partial charge in [-0.2, -0.15) is 0 Å². The predicted octanol–water partition coefficient (Wildman–Crippen LogP) is 3.94. The average molecular weight is 467 g/mol. The maximum absolute atomic E-state index is 13.2. The monoisotopic (exact) mass is 466 g/mol. The van der Waals surface area contributed by atoms with E-state index < -0.39 is 6.09 Å². The van der Waals surface area contributed by atoms with E-state index in [4.69, 9.17) is 4.98 Å². The van der Waals surface area contributed by atoms with Gasteiger partial charge in [0.1, 0.15) is 5.52 Å². The molecule has 35 heavy (non-hydrogen) atoms. The number of pyridine rings is 3. The van der Waals surface area contributed by atoms with Gasteiger partial charge in [-0.3, -0.25) is 19.1 Å². The Bertz CT molecular complexity index is 1640. The lowest BCUT2D eigenvalue weighted by Crippen LogP contribution is -2.30. The summed E-state index contributed by atoms with van der Waals surface area (Å²) in [6, 6.07) is 17.4. The number of hydrogen-bond acceptors (Lipinski definition) is 5. The Morgan fingerprint density at radius 3 is 2.49 bits per heavy atom. The highest BCUT2D eigenvalue weighted by molar-refractivity contribution is 6.00. The largest absolute Gasteiger partial charge is 0.465 e. The summed E-state index contributed by atoms with van der Waals surface area (Å²) in [7, 11) is 1.70. The maximum atomic E-state index is 13.2. The molecule has 5 aromatic rings. The van der Waals surface area contributed by atoms with Crippen molar-refractivity contribution in [2.75, 3.05) is 13.1 Å². The van der Waals surface area contributed by atoms with Crippen molar-refractivity contribution in [2.24, 2.45) is 7.05 Å². The zero-order chi connectivity index (χ0) is 24.1. The summed E-state index contributed by atoms with van der Waals surface area (Å²) in [4.78, 5) is 40.1. The van der Waals surface area contributed by atoms with Crippen LogP contribution >= 0.6 is 0 Å². The van der Waals surface area contributed by atoms with Gasteiger partial charge in [0, 0.05) is 37.5 Å². The van der Waals surface area contributed by atoms with Crippen molar-refractivity contribution < 1.29 is 9.90 Å². The van der Waals surface area contributed by atoms with Crippen LogP contribution in [0.3, 0.4) is 0 Å². The molecule has 4 aromatic heterocycles. The number of amides is 1. The second-order valence-electron chi connectivity index (χ2n) is 8.74. The van der Waals surface area contributed by atoms with Crippen molar-refractivity contribution in [1.29, 1.82) is 0 Å². The zero-order valence-electron chi connectivity index (χ0n) is 19.0. The first-order valence-electron chi connectivity index (χ1n) is 11.4. The molecule has 6 rings (SSSR count). The Labute approximate surface area is 199 Å². The molecule has 0 bridgehead atoms. The molecule has 0 spiro atoms. The van der Waals surface area contributed by atoms with Crippen LogP contribution in [0.4, 0.5) is 4.79 Å². The fraction of sp³-hybridized carbons (Fsp3) is 0.192. The first kappa shape index (κ1) is 21.0.